The normalized spacial score (nSPS) is 19.4. The van der Waals surface area contributed by atoms with Crippen molar-refractivity contribution in [1.82, 2.24) is 25.2 Å². The summed E-state index contributed by atoms with van der Waals surface area (Å²) in [5.41, 5.74) is 2.18. The Morgan fingerprint density at radius 2 is 2.08 bits per heavy atom. The quantitative estimate of drug-likeness (QED) is 0.932. The monoisotopic (exact) mass is 329 g/mol. The highest BCUT2D eigenvalue weighted by Gasteiger charge is 2.27. The maximum absolute atomic E-state index is 5.56. The van der Waals surface area contributed by atoms with E-state index in [1.165, 1.54) is 5.56 Å². The first kappa shape index (κ1) is 16.9. The van der Waals surface area contributed by atoms with Crippen molar-refractivity contribution >= 4 is 0 Å². The fourth-order valence-electron chi connectivity index (χ4n) is 3.09. The number of aromatic nitrogens is 3. The molecule has 1 fully saturated rings. The molecule has 6 heteroatoms. The first-order valence-corrected chi connectivity index (χ1v) is 8.48. The van der Waals surface area contributed by atoms with Gasteiger partial charge < -0.3 is 10.1 Å². The summed E-state index contributed by atoms with van der Waals surface area (Å²) >= 11 is 0. The number of benzene rings is 1. The van der Waals surface area contributed by atoms with E-state index in [2.05, 4.69) is 59.6 Å². The van der Waals surface area contributed by atoms with Crippen LogP contribution in [0.15, 0.2) is 30.5 Å². The molecule has 1 aliphatic rings. The van der Waals surface area contributed by atoms with E-state index in [9.17, 15) is 0 Å². The fraction of sp³-hybridized carbons (Fsp3) is 0.556. The molecule has 0 radical (unpaired) electrons. The van der Waals surface area contributed by atoms with Gasteiger partial charge in [0.1, 0.15) is 5.75 Å². The minimum atomic E-state index is -0.0449. The van der Waals surface area contributed by atoms with Gasteiger partial charge in [-0.1, -0.05) is 23.4 Å². The molecule has 0 aliphatic carbocycles. The molecular weight excluding hydrogens is 302 g/mol. The van der Waals surface area contributed by atoms with E-state index < -0.39 is 0 Å². The van der Waals surface area contributed by atoms with Gasteiger partial charge in [0.05, 0.1) is 30.6 Å². The molecule has 1 N–H and O–H groups in total. The van der Waals surface area contributed by atoms with Gasteiger partial charge in [-0.25, -0.2) is 4.68 Å². The van der Waals surface area contributed by atoms with Crippen LogP contribution in [0.5, 0.6) is 5.75 Å². The summed E-state index contributed by atoms with van der Waals surface area (Å²) in [6, 6.07) is 8.53. The molecule has 0 saturated carbocycles. The van der Waals surface area contributed by atoms with Crippen LogP contribution in [0.4, 0.5) is 0 Å². The fourth-order valence-corrected chi connectivity index (χ4v) is 3.09. The van der Waals surface area contributed by atoms with Crippen molar-refractivity contribution in [1.29, 1.82) is 0 Å². The van der Waals surface area contributed by atoms with Crippen molar-refractivity contribution in [2.45, 2.75) is 38.9 Å². The molecule has 0 bridgehead atoms. The molecule has 3 rings (SSSR count). The average molecular weight is 329 g/mol. The predicted octanol–water partition coefficient (Wildman–Crippen LogP) is 2.19. The maximum atomic E-state index is 5.56. The van der Waals surface area contributed by atoms with Crippen molar-refractivity contribution in [2.75, 3.05) is 26.7 Å². The van der Waals surface area contributed by atoms with E-state index in [0.717, 1.165) is 37.6 Å². The lowest BCUT2D eigenvalue weighted by Crippen LogP contribution is -2.45. The smallest absolute Gasteiger partial charge is 0.123 e. The molecule has 1 aromatic carbocycles. The SMILES string of the molecule is COc1ccccc1C1CNCCN1Cc1cn(C(C)(C)C)nn1. The summed E-state index contributed by atoms with van der Waals surface area (Å²) in [5, 5.41) is 12.1. The Morgan fingerprint density at radius 1 is 1.29 bits per heavy atom. The molecule has 6 nitrogen and oxygen atoms in total. The third-order valence-corrected chi connectivity index (χ3v) is 4.45. The molecule has 24 heavy (non-hydrogen) atoms. The van der Waals surface area contributed by atoms with Crippen LogP contribution in [0, 0.1) is 0 Å². The largest absolute Gasteiger partial charge is 0.496 e. The molecule has 0 spiro atoms. The Balaban J connectivity index is 1.81. The van der Waals surface area contributed by atoms with Crippen molar-refractivity contribution < 1.29 is 4.74 Å². The van der Waals surface area contributed by atoms with Gasteiger partial charge in [0.25, 0.3) is 0 Å². The van der Waals surface area contributed by atoms with Crippen LogP contribution in [0.1, 0.15) is 38.1 Å². The molecule has 130 valence electrons. The zero-order valence-corrected chi connectivity index (χ0v) is 15.0. The molecule has 1 unspecified atom stereocenters. The zero-order valence-electron chi connectivity index (χ0n) is 15.0. The number of nitrogens with zero attached hydrogens (tertiary/aromatic N) is 4. The number of nitrogens with one attached hydrogen (secondary N) is 1. The zero-order chi connectivity index (χ0) is 17.2. The number of hydrogen-bond acceptors (Lipinski definition) is 5. The molecule has 1 aliphatic heterocycles. The highest BCUT2D eigenvalue weighted by atomic mass is 16.5. The van der Waals surface area contributed by atoms with Crippen molar-refractivity contribution in [3.8, 4) is 5.75 Å². The second-order valence-corrected chi connectivity index (χ2v) is 7.26. The number of hydrogen-bond donors (Lipinski definition) is 1. The lowest BCUT2D eigenvalue weighted by atomic mass is 10.0. The third kappa shape index (κ3) is 3.60. The minimum absolute atomic E-state index is 0.0449. The summed E-state index contributed by atoms with van der Waals surface area (Å²) in [6.45, 7) is 10.1. The van der Waals surface area contributed by atoms with Gasteiger partial charge in [-0.05, 0) is 26.8 Å². The van der Waals surface area contributed by atoms with Crippen LogP contribution in [0.3, 0.4) is 0 Å². The van der Waals surface area contributed by atoms with Crippen LogP contribution >= 0.6 is 0 Å². The molecule has 1 aromatic heterocycles. The number of methoxy groups -OCH3 is 1. The lowest BCUT2D eigenvalue weighted by molar-refractivity contribution is 0.149. The lowest BCUT2D eigenvalue weighted by Gasteiger charge is -2.36. The first-order valence-electron chi connectivity index (χ1n) is 8.48. The summed E-state index contributed by atoms with van der Waals surface area (Å²) < 4.78 is 7.49. The highest BCUT2D eigenvalue weighted by molar-refractivity contribution is 5.36. The Bertz CT molecular complexity index is 676. The van der Waals surface area contributed by atoms with Gasteiger partial charge in [-0.2, -0.15) is 0 Å². The van der Waals surface area contributed by atoms with Crippen LogP contribution in [0.2, 0.25) is 0 Å². The van der Waals surface area contributed by atoms with Crippen LogP contribution in [-0.4, -0.2) is 46.6 Å². The highest BCUT2D eigenvalue weighted by Crippen LogP contribution is 2.31. The van der Waals surface area contributed by atoms with Crippen LogP contribution < -0.4 is 10.1 Å². The third-order valence-electron chi connectivity index (χ3n) is 4.45. The second kappa shape index (κ2) is 6.91. The molecule has 1 atom stereocenters. The number of piperazine rings is 1. The summed E-state index contributed by atoms with van der Waals surface area (Å²) in [7, 11) is 1.73. The predicted molar refractivity (Wildman–Crippen MR) is 94.0 cm³/mol. The number of para-hydroxylation sites is 1. The molecular formula is C18H27N5O. The van der Waals surface area contributed by atoms with E-state index in [4.69, 9.17) is 4.74 Å². The molecule has 1 saturated heterocycles. The van der Waals surface area contributed by atoms with E-state index in [0.29, 0.717) is 0 Å². The van der Waals surface area contributed by atoms with Gasteiger partial charge in [0, 0.05) is 31.7 Å². The van der Waals surface area contributed by atoms with Gasteiger partial charge in [0.2, 0.25) is 0 Å². The Labute approximate surface area is 143 Å². The van der Waals surface area contributed by atoms with Crippen molar-refractivity contribution in [3.05, 3.63) is 41.7 Å². The number of ether oxygens (including phenoxy) is 1. The Kier molecular flexibility index (Phi) is 4.87. The average Bonchev–Trinajstić information content (AvgIpc) is 3.04. The molecule has 0 amide bonds. The second-order valence-electron chi connectivity index (χ2n) is 7.26. The van der Waals surface area contributed by atoms with E-state index >= 15 is 0 Å². The van der Waals surface area contributed by atoms with Crippen molar-refractivity contribution in [2.24, 2.45) is 0 Å². The van der Waals surface area contributed by atoms with Gasteiger partial charge in [0.15, 0.2) is 0 Å². The number of rotatable bonds is 4. The van der Waals surface area contributed by atoms with Crippen LogP contribution in [-0.2, 0) is 12.1 Å². The minimum Gasteiger partial charge on any atom is -0.496 e. The van der Waals surface area contributed by atoms with Crippen molar-refractivity contribution in [3.63, 3.8) is 0 Å². The summed E-state index contributed by atoms with van der Waals surface area (Å²) in [6.07, 6.45) is 2.06. The van der Waals surface area contributed by atoms with Gasteiger partial charge in [-0.15, -0.1) is 5.10 Å². The van der Waals surface area contributed by atoms with E-state index in [1.807, 2.05) is 16.8 Å². The maximum Gasteiger partial charge on any atom is 0.123 e. The van der Waals surface area contributed by atoms with Gasteiger partial charge in [-0.3, -0.25) is 4.90 Å². The molecule has 2 aromatic rings. The summed E-state index contributed by atoms with van der Waals surface area (Å²) in [5.74, 6) is 0.939. The van der Waals surface area contributed by atoms with E-state index in [-0.39, 0.29) is 11.6 Å². The Morgan fingerprint density at radius 3 is 2.79 bits per heavy atom. The first-order chi connectivity index (χ1) is 11.5. The molecule has 2 heterocycles. The topological polar surface area (TPSA) is 55.2 Å². The van der Waals surface area contributed by atoms with E-state index in [1.54, 1.807) is 7.11 Å². The summed E-state index contributed by atoms with van der Waals surface area (Å²) in [4.78, 5) is 2.45. The van der Waals surface area contributed by atoms with Crippen LogP contribution in [0.25, 0.3) is 0 Å². The van der Waals surface area contributed by atoms with Gasteiger partial charge >= 0.3 is 0 Å². The standard InChI is InChI=1S/C18H27N5O/c1-18(2,3)23-13-14(20-21-23)12-22-10-9-19-11-16(22)15-7-5-6-8-17(15)24-4/h5-8,13,16,19H,9-12H2,1-4H3. The Hall–Kier alpha value is -1.92.